The van der Waals surface area contributed by atoms with Crippen LogP contribution >= 0.6 is 0 Å². The molecular weight excluding hydrogens is 284 g/mol. The van der Waals surface area contributed by atoms with Gasteiger partial charge in [-0.2, -0.15) is 0 Å². The Morgan fingerprint density at radius 2 is 1.30 bits per heavy atom. The van der Waals surface area contributed by atoms with E-state index in [0.29, 0.717) is 12.3 Å². The minimum Gasteiger partial charge on any atom is -0.394 e. The number of hydrogen-bond donors (Lipinski definition) is 2. The van der Waals surface area contributed by atoms with Gasteiger partial charge in [-0.05, 0) is 31.1 Å². The first-order valence-corrected chi connectivity index (χ1v) is 10.2. The maximum absolute atomic E-state index is 9.38. The lowest BCUT2D eigenvalue weighted by Crippen LogP contribution is -2.15. The van der Waals surface area contributed by atoms with E-state index >= 15 is 0 Å². The molecule has 2 nitrogen and oxygen atoms in total. The Bertz CT molecular complexity index is 228. The van der Waals surface area contributed by atoms with E-state index in [1.54, 1.807) is 0 Å². The van der Waals surface area contributed by atoms with Gasteiger partial charge in [0.15, 0.2) is 0 Å². The van der Waals surface area contributed by atoms with Crippen LogP contribution in [0.5, 0.6) is 0 Å². The van der Waals surface area contributed by atoms with Crippen LogP contribution in [-0.2, 0) is 0 Å². The van der Waals surface area contributed by atoms with Crippen molar-refractivity contribution >= 4 is 0 Å². The third kappa shape index (κ3) is 18.1. The molecule has 0 aromatic rings. The van der Waals surface area contributed by atoms with Crippen molar-refractivity contribution in [3.05, 3.63) is 6.42 Å². The lowest BCUT2D eigenvalue weighted by atomic mass is 9.96. The van der Waals surface area contributed by atoms with Gasteiger partial charge in [0.1, 0.15) is 0 Å². The molecule has 0 aliphatic heterocycles. The van der Waals surface area contributed by atoms with Gasteiger partial charge in [0, 0.05) is 0 Å². The Morgan fingerprint density at radius 1 is 0.783 bits per heavy atom. The first-order chi connectivity index (χ1) is 11.1. The topological polar surface area (TPSA) is 40.5 Å². The van der Waals surface area contributed by atoms with Gasteiger partial charge in [-0.25, -0.2) is 0 Å². The lowest BCUT2D eigenvalue weighted by molar-refractivity contribution is 0.0760. The molecule has 0 heterocycles. The molecule has 0 bridgehead atoms. The summed E-state index contributed by atoms with van der Waals surface area (Å²) in [5, 5.41) is 18.2. The molecule has 0 aromatic heterocycles. The van der Waals surface area contributed by atoms with Gasteiger partial charge in [0.25, 0.3) is 0 Å². The summed E-state index contributed by atoms with van der Waals surface area (Å²) in [6.45, 7) is 6.67. The normalized spacial score (nSPS) is 14.3. The lowest BCUT2D eigenvalue weighted by Gasteiger charge is -2.14. The molecule has 0 aliphatic rings. The fourth-order valence-corrected chi connectivity index (χ4v) is 3.12. The molecule has 0 amide bonds. The number of rotatable bonds is 17. The highest BCUT2D eigenvalue weighted by molar-refractivity contribution is 4.71. The number of aliphatic hydroxyl groups is 2. The second-order valence-corrected chi connectivity index (χ2v) is 7.85. The number of unbranched alkanes of at least 4 members (excludes halogenated alkanes) is 10. The molecule has 23 heavy (non-hydrogen) atoms. The van der Waals surface area contributed by atoms with E-state index in [4.69, 9.17) is 5.11 Å². The van der Waals surface area contributed by atoms with Crippen LogP contribution in [0, 0.1) is 18.3 Å². The van der Waals surface area contributed by atoms with Crippen molar-refractivity contribution in [3.63, 3.8) is 0 Å². The molecular formula is C21H43O2. The van der Waals surface area contributed by atoms with E-state index in [1.807, 2.05) is 0 Å². The smallest absolute Gasteiger partial charge is 0.0773 e. The van der Waals surface area contributed by atoms with Gasteiger partial charge in [-0.15, -0.1) is 0 Å². The summed E-state index contributed by atoms with van der Waals surface area (Å²) < 4.78 is 0. The Labute approximate surface area is 146 Å². The summed E-state index contributed by atoms with van der Waals surface area (Å²) in [5.41, 5.74) is 0. The van der Waals surface area contributed by atoms with Crippen LogP contribution in [0.1, 0.15) is 104 Å². The molecule has 2 unspecified atom stereocenters. The first-order valence-electron chi connectivity index (χ1n) is 10.2. The second kappa shape index (κ2) is 16.8. The van der Waals surface area contributed by atoms with Crippen LogP contribution in [0.3, 0.4) is 0 Å². The standard InChI is InChI=1S/C21H43O2/c1-19(2)15-13-11-9-7-5-4-6-8-10-12-14-16-20(3)17-21(23)18-22/h14,19-23H,4-13,15-18H2,1-3H3. The third-order valence-electron chi connectivity index (χ3n) is 4.64. The molecule has 0 aromatic carbocycles. The fraction of sp³-hybridized carbons (Fsp3) is 0.952. The molecule has 0 saturated heterocycles. The summed E-state index contributed by atoms with van der Waals surface area (Å²) >= 11 is 0. The van der Waals surface area contributed by atoms with E-state index in [1.165, 1.54) is 70.6 Å². The molecule has 0 spiro atoms. The number of aliphatic hydroxyl groups excluding tert-OH is 2. The molecule has 1 radical (unpaired) electrons. The van der Waals surface area contributed by atoms with Crippen LogP contribution < -0.4 is 0 Å². The summed E-state index contributed by atoms with van der Waals surface area (Å²) in [5.74, 6) is 1.35. The van der Waals surface area contributed by atoms with Gasteiger partial charge in [0.05, 0.1) is 12.7 Å². The van der Waals surface area contributed by atoms with Gasteiger partial charge < -0.3 is 10.2 Å². The summed E-state index contributed by atoms with van der Waals surface area (Å²) in [6, 6.07) is 0. The van der Waals surface area contributed by atoms with Crippen molar-refractivity contribution in [2.24, 2.45) is 11.8 Å². The van der Waals surface area contributed by atoms with E-state index in [-0.39, 0.29) is 6.61 Å². The summed E-state index contributed by atoms with van der Waals surface area (Å²) in [6.07, 6.45) is 18.8. The average Bonchev–Trinajstić information content (AvgIpc) is 2.51. The highest BCUT2D eigenvalue weighted by Gasteiger charge is 2.08. The molecule has 0 fully saturated rings. The van der Waals surface area contributed by atoms with Gasteiger partial charge in [-0.1, -0.05) is 91.4 Å². The highest BCUT2D eigenvalue weighted by atomic mass is 16.3. The van der Waals surface area contributed by atoms with Crippen molar-refractivity contribution in [2.45, 2.75) is 110 Å². The Balaban J connectivity index is 3.13. The summed E-state index contributed by atoms with van der Waals surface area (Å²) in [4.78, 5) is 0. The number of hydrogen-bond acceptors (Lipinski definition) is 2. The SMILES string of the molecule is CC(C)CCCCCCCCCCC[CH]CC(C)CC(O)CO. The van der Waals surface area contributed by atoms with Crippen LogP contribution in [-0.4, -0.2) is 22.9 Å². The maximum atomic E-state index is 9.38. The van der Waals surface area contributed by atoms with Crippen molar-refractivity contribution in [1.82, 2.24) is 0 Å². The quantitative estimate of drug-likeness (QED) is 0.326. The van der Waals surface area contributed by atoms with Gasteiger partial charge >= 0.3 is 0 Å². The fourth-order valence-electron chi connectivity index (χ4n) is 3.12. The Kier molecular flexibility index (Phi) is 16.7. The maximum Gasteiger partial charge on any atom is 0.0773 e. The molecule has 0 aliphatic carbocycles. The summed E-state index contributed by atoms with van der Waals surface area (Å²) in [7, 11) is 0. The van der Waals surface area contributed by atoms with Crippen LogP contribution in [0.15, 0.2) is 0 Å². The average molecular weight is 328 g/mol. The Morgan fingerprint density at radius 3 is 1.83 bits per heavy atom. The van der Waals surface area contributed by atoms with E-state index in [2.05, 4.69) is 27.2 Å². The van der Waals surface area contributed by atoms with Crippen LogP contribution in [0.4, 0.5) is 0 Å². The highest BCUT2D eigenvalue weighted by Crippen LogP contribution is 2.16. The monoisotopic (exact) mass is 327 g/mol. The molecule has 0 saturated carbocycles. The van der Waals surface area contributed by atoms with E-state index < -0.39 is 6.10 Å². The zero-order chi connectivity index (χ0) is 17.3. The largest absolute Gasteiger partial charge is 0.394 e. The van der Waals surface area contributed by atoms with Gasteiger partial charge in [0.2, 0.25) is 0 Å². The minimum absolute atomic E-state index is 0.109. The molecule has 2 heteroatoms. The molecule has 139 valence electrons. The predicted octanol–water partition coefficient (Wildman–Crippen LogP) is 5.91. The first kappa shape index (κ1) is 22.9. The van der Waals surface area contributed by atoms with Crippen LogP contribution in [0.2, 0.25) is 0 Å². The van der Waals surface area contributed by atoms with E-state index in [0.717, 1.165) is 12.3 Å². The van der Waals surface area contributed by atoms with Crippen molar-refractivity contribution < 1.29 is 10.2 Å². The molecule has 0 rings (SSSR count). The van der Waals surface area contributed by atoms with Gasteiger partial charge in [-0.3, -0.25) is 0 Å². The zero-order valence-corrected chi connectivity index (χ0v) is 16.1. The van der Waals surface area contributed by atoms with E-state index in [9.17, 15) is 5.11 Å². The van der Waals surface area contributed by atoms with Crippen LogP contribution in [0.25, 0.3) is 0 Å². The predicted molar refractivity (Wildman–Crippen MR) is 101 cm³/mol. The Hall–Kier alpha value is -0.0800. The second-order valence-electron chi connectivity index (χ2n) is 7.85. The van der Waals surface area contributed by atoms with Crippen molar-refractivity contribution in [3.8, 4) is 0 Å². The van der Waals surface area contributed by atoms with Crippen molar-refractivity contribution in [2.75, 3.05) is 6.61 Å². The van der Waals surface area contributed by atoms with Crippen molar-refractivity contribution in [1.29, 1.82) is 0 Å². The zero-order valence-electron chi connectivity index (χ0n) is 16.1. The molecule has 2 N–H and O–H groups in total. The minimum atomic E-state index is -0.538. The third-order valence-corrected chi connectivity index (χ3v) is 4.64. The molecule has 2 atom stereocenters.